The summed E-state index contributed by atoms with van der Waals surface area (Å²) in [5.74, 6) is -0.422. The molecular weight excluding hydrogens is 278 g/mol. The van der Waals surface area contributed by atoms with Crippen molar-refractivity contribution >= 4 is 34.8 Å². The predicted molar refractivity (Wildman–Crippen MR) is 81.8 cm³/mol. The number of hydrogen-bond donors (Lipinski definition) is 3. The highest BCUT2D eigenvalue weighted by Crippen LogP contribution is 2.26. The standard InChI is InChI=1S/C14H20ClN3O2/c1-9(2)14(20)18-11-6-5-10(15)8-12(11)17-13(19)4-3-7-16/h5-6,8-9H,3-4,7,16H2,1-2H3,(H,17,19)(H,18,20). The van der Waals surface area contributed by atoms with E-state index in [9.17, 15) is 9.59 Å². The van der Waals surface area contributed by atoms with Crippen LogP contribution >= 0.6 is 11.6 Å². The van der Waals surface area contributed by atoms with Gasteiger partial charge in [0, 0.05) is 17.4 Å². The Kier molecular flexibility index (Phi) is 6.48. The number of benzene rings is 1. The van der Waals surface area contributed by atoms with E-state index in [0.717, 1.165) is 0 Å². The van der Waals surface area contributed by atoms with Gasteiger partial charge in [-0.2, -0.15) is 0 Å². The predicted octanol–water partition coefficient (Wildman–Crippen LogP) is 2.61. The first-order valence-corrected chi connectivity index (χ1v) is 6.92. The first-order chi connectivity index (χ1) is 9.43. The number of nitrogens with one attached hydrogen (secondary N) is 2. The van der Waals surface area contributed by atoms with Gasteiger partial charge in [0.25, 0.3) is 0 Å². The lowest BCUT2D eigenvalue weighted by Crippen LogP contribution is -2.20. The molecule has 0 aliphatic carbocycles. The van der Waals surface area contributed by atoms with Crippen molar-refractivity contribution in [3.8, 4) is 0 Å². The van der Waals surface area contributed by atoms with Crippen molar-refractivity contribution in [3.63, 3.8) is 0 Å². The van der Waals surface area contributed by atoms with E-state index in [1.807, 2.05) is 0 Å². The minimum absolute atomic E-state index is 0.121. The Balaban J connectivity index is 2.84. The molecule has 0 aromatic heterocycles. The molecule has 20 heavy (non-hydrogen) atoms. The van der Waals surface area contributed by atoms with Crippen LogP contribution in [0.5, 0.6) is 0 Å². The third-order valence-electron chi connectivity index (χ3n) is 2.65. The molecule has 5 nitrogen and oxygen atoms in total. The highest BCUT2D eigenvalue weighted by atomic mass is 35.5. The van der Waals surface area contributed by atoms with E-state index in [1.165, 1.54) is 0 Å². The lowest BCUT2D eigenvalue weighted by atomic mass is 10.2. The molecule has 0 unspecified atom stereocenters. The normalized spacial score (nSPS) is 10.4. The number of hydrogen-bond acceptors (Lipinski definition) is 3. The van der Waals surface area contributed by atoms with E-state index in [-0.39, 0.29) is 17.7 Å². The fourth-order valence-corrected chi connectivity index (χ4v) is 1.65. The summed E-state index contributed by atoms with van der Waals surface area (Å²) in [6.07, 6.45) is 0.945. The summed E-state index contributed by atoms with van der Waals surface area (Å²) in [7, 11) is 0. The van der Waals surface area contributed by atoms with Gasteiger partial charge in [-0.3, -0.25) is 9.59 Å². The Morgan fingerprint density at radius 1 is 1.25 bits per heavy atom. The lowest BCUT2D eigenvalue weighted by Gasteiger charge is -2.14. The molecule has 0 radical (unpaired) electrons. The summed E-state index contributed by atoms with van der Waals surface area (Å²) in [4.78, 5) is 23.5. The van der Waals surface area contributed by atoms with Crippen molar-refractivity contribution in [3.05, 3.63) is 23.2 Å². The molecule has 1 aromatic carbocycles. The molecular formula is C14H20ClN3O2. The molecule has 0 saturated heterocycles. The van der Waals surface area contributed by atoms with Crippen LogP contribution < -0.4 is 16.4 Å². The maximum atomic E-state index is 11.7. The quantitative estimate of drug-likeness (QED) is 0.754. The van der Waals surface area contributed by atoms with Gasteiger partial charge >= 0.3 is 0 Å². The summed E-state index contributed by atoms with van der Waals surface area (Å²) in [5, 5.41) is 5.99. The number of nitrogens with two attached hydrogens (primary N) is 1. The third-order valence-corrected chi connectivity index (χ3v) is 2.88. The fourth-order valence-electron chi connectivity index (χ4n) is 1.48. The SMILES string of the molecule is CC(C)C(=O)Nc1ccc(Cl)cc1NC(=O)CCCN. The molecule has 0 fully saturated rings. The van der Waals surface area contributed by atoms with Crippen LogP contribution in [0.4, 0.5) is 11.4 Å². The maximum Gasteiger partial charge on any atom is 0.226 e. The van der Waals surface area contributed by atoms with E-state index in [4.69, 9.17) is 17.3 Å². The zero-order valence-corrected chi connectivity index (χ0v) is 12.5. The second kappa shape index (κ2) is 7.87. The van der Waals surface area contributed by atoms with E-state index in [0.29, 0.717) is 35.8 Å². The molecule has 0 aliphatic rings. The Hall–Kier alpha value is -1.59. The summed E-state index contributed by atoms with van der Waals surface area (Å²) >= 11 is 5.92. The minimum Gasteiger partial charge on any atom is -0.330 e. The molecule has 0 bridgehead atoms. The summed E-state index contributed by atoms with van der Waals surface area (Å²) in [6.45, 7) is 4.05. The number of carbonyl (C=O) groups excluding carboxylic acids is 2. The van der Waals surface area contributed by atoms with Crippen LogP contribution in [-0.4, -0.2) is 18.4 Å². The van der Waals surface area contributed by atoms with E-state index in [2.05, 4.69) is 10.6 Å². The van der Waals surface area contributed by atoms with Crippen molar-refractivity contribution in [2.24, 2.45) is 11.7 Å². The molecule has 0 aliphatic heterocycles. The van der Waals surface area contributed by atoms with Crippen LogP contribution in [0.3, 0.4) is 0 Å². The van der Waals surface area contributed by atoms with Gasteiger partial charge in [0.15, 0.2) is 0 Å². The van der Waals surface area contributed by atoms with Crippen LogP contribution in [0.25, 0.3) is 0 Å². The number of rotatable bonds is 6. The molecule has 0 spiro atoms. The van der Waals surface area contributed by atoms with Gasteiger partial charge in [-0.1, -0.05) is 25.4 Å². The maximum absolute atomic E-state index is 11.7. The fraction of sp³-hybridized carbons (Fsp3) is 0.429. The summed E-state index contributed by atoms with van der Waals surface area (Å²) in [6, 6.07) is 4.94. The topological polar surface area (TPSA) is 84.2 Å². The number of anilines is 2. The number of carbonyl (C=O) groups is 2. The van der Waals surface area contributed by atoms with Crippen LogP contribution in [0, 0.1) is 5.92 Å². The Labute approximate surface area is 123 Å². The van der Waals surface area contributed by atoms with Crippen LogP contribution in [0.15, 0.2) is 18.2 Å². The molecule has 6 heteroatoms. The van der Waals surface area contributed by atoms with Gasteiger partial charge in [0.1, 0.15) is 0 Å². The average Bonchev–Trinajstić information content (AvgIpc) is 2.39. The Bertz CT molecular complexity index is 489. The monoisotopic (exact) mass is 297 g/mol. The van der Waals surface area contributed by atoms with Gasteiger partial charge < -0.3 is 16.4 Å². The zero-order chi connectivity index (χ0) is 15.1. The Morgan fingerprint density at radius 2 is 1.95 bits per heavy atom. The van der Waals surface area contributed by atoms with Gasteiger partial charge in [-0.15, -0.1) is 0 Å². The zero-order valence-electron chi connectivity index (χ0n) is 11.7. The van der Waals surface area contributed by atoms with Gasteiger partial charge in [0.2, 0.25) is 11.8 Å². The second-order valence-corrected chi connectivity index (χ2v) is 5.21. The van der Waals surface area contributed by atoms with Crippen LogP contribution in [-0.2, 0) is 9.59 Å². The molecule has 2 amide bonds. The minimum atomic E-state index is -0.155. The smallest absolute Gasteiger partial charge is 0.226 e. The van der Waals surface area contributed by atoms with Crippen LogP contribution in [0.1, 0.15) is 26.7 Å². The highest BCUT2D eigenvalue weighted by Gasteiger charge is 2.12. The van der Waals surface area contributed by atoms with Gasteiger partial charge in [0.05, 0.1) is 11.4 Å². The summed E-state index contributed by atoms with van der Waals surface area (Å²) < 4.78 is 0. The van der Waals surface area contributed by atoms with E-state index < -0.39 is 0 Å². The molecule has 1 rings (SSSR count). The molecule has 1 aromatic rings. The van der Waals surface area contributed by atoms with Crippen molar-refractivity contribution in [1.82, 2.24) is 0 Å². The van der Waals surface area contributed by atoms with Gasteiger partial charge in [-0.05, 0) is 31.2 Å². The molecule has 0 saturated carbocycles. The average molecular weight is 298 g/mol. The molecule has 110 valence electrons. The van der Waals surface area contributed by atoms with Crippen LogP contribution in [0.2, 0.25) is 5.02 Å². The largest absolute Gasteiger partial charge is 0.330 e. The molecule has 0 heterocycles. The number of halogens is 1. The van der Waals surface area contributed by atoms with Crippen molar-refractivity contribution in [2.45, 2.75) is 26.7 Å². The third kappa shape index (κ3) is 5.19. The number of amides is 2. The van der Waals surface area contributed by atoms with Gasteiger partial charge in [-0.25, -0.2) is 0 Å². The summed E-state index contributed by atoms with van der Waals surface area (Å²) in [5.41, 5.74) is 6.40. The molecule has 4 N–H and O–H groups in total. The van der Waals surface area contributed by atoms with Crippen molar-refractivity contribution < 1.29 is 9.59 Å². The second-order valence-electron chi connectivity index (χ2n) is 4.77. The van der Waals surface area contributed by atoms with Crippen molar-refractivity contribution in [2.75, 3.05) is 17.2 Å². The van der Waals surface area contributed by atoms with E-state index >= 15 is 0 Å². The van der Waals surface area contributed by atoms with E-state index in [1.54, 1.807) is 32.0 Å². The Morgan fingerprint density at radius 3 is 2.55 bits per heavy atom. The lowest BCUT2D eigenvalue weighted by molar-refractivity contribution is -0.119. The molecule has 0 atom stereocenters. The first kappa shape index (κ1) is 16.5. The first-order valence-electron chi connectivity index (χ1n) is 6.54. The van der Waals surface area contributed by atoms with Crippen molar-refractivity contribution in [1.29, 1.82) is 0 Å². The highest BCUT2D eigenvalue weighted by molar-refractivity contribution is 6.31.